The first kappa shape index (κ1) is 34.5. The van der Waals surface area contributed by atoms with Gasteiger partial charge in [-0.2, -0.15) is 0 Å². The Labute approximate surface area is 279 Å². The van der Waals surface area contributed by atoms with Crippen LogP contribution in [0.5, 0.6) is 17.2 Å². The summed E-state index contributed by atoms with van der Waals surface area (Å²) in [7, 11) is 3.13. The van der Waals surface area contributed by atoms with Crippen LogP contribution in [0.3, 0.4) is 0 Å². The van der Waals surface area contributed by atoms with E-state index in [2.05, 4.69) is 4.90 Å². The molecule has 252 valence electrons. The van der Waals surface area contributed by atoms with E-state index in [4.69, 9.17) is 30.5 Å². The summed E-state index contributed by atoms with van der Waals surface area (Å²) >= 11 is 6.55. The van der Waals surface area contributed by atoms with E-state index in [0.29, 0.717) is 43.2 Å². The minimum absolute atomic E-state index is 0.0331. The van der Waals surface area contributed by atoms with Gasteiger partial charge in [-0.3, -0.25) is 19.4 Å². The van der Waals surface area contributed by atoms with Crippen LogP contribution < -0.4 is 18.5 Å². The highest BCUT2D eigenvalue weighted by Crippen LogP contribution is 2.55. The van der Waals surface area contributed by atoms with Gasteiger partial charge in [-0.1, -0.05) is 23.7 Å². The van der Waals surface area contributed by atoms with Gasteiger partial charge in [0.05, 0.1) is 33.6 Å². The van der Waals surface area contributed by atoms with Gasteiger partial charge in [0.25, 0.3) is 15.9 Å². The highest BCUT2D eigenvalue weighted by Gasteiger charge is 2.63. The molecule has 1 N–H and O–H groups in total. The molecule has 1 saturated heterocycles. The number of fused-ring (bicyclic) bond motifs is 1. The molecule has 14 heteroatoms. The molecule has 1 fully saturated rings. The maximum absolute atomic E-state index is 15.3. The van der Waals surface area contributed by atoms with Crippen LogP contribution in [-0.2, 0) is 36.4 Å². The number of carbonyl (C=O) groups is 2. The summed E-state index contributed by atoms with van der Waals surface area (Å²) in [5.41, 5.74) is -0.511. The second-order valence-electron chi connectivity index (χ2n) is 11.4. The standard InChI is InChI=1S/C33H38ClN3O9S/c1-35(15-16-43-2)20-21-8-11-24(28(17-21)45-4)33(36-14-6-7-27(36)31(38)39)25-18-22(34)9-12-26(25)37(32(33)40)47(41,42)30-13-10-23(44-3)19-29(30)46-5/h8-13,17-19,27H,6-7,14-16,20H2,1-5H3,(H,38,39)/t27-,33?/m0/s1. The number of hydrogen-bond donors (Lipinski definition) is 1. The van der Waals surface area contributed by atoms with Gasteiger partial charge in [0, 0.05) is 49.0 Å². The first-order valence-electron chi connectivity index (χ1n) is 14.9. The molecule has 1 amide bonds. The summed E-state index contributed by atoms with van der Waals surface area (Å²) in [6, 6.07) is 12.9. The van der Waals surface area contributed by atoms with E-state index >= 15 is 4.79 Å². The van der Waals surface area contributed by atoms with E-state index in [0.717, 1.165) is 9.87 Å². The zero-order valence-corrected chi connectivity index (χ0v) is 28.4. The Bertz CT molecular complexity index is 1790. The van der Waals surface area contributed by atoms with Gasteiger partial charge in [0.2, 0.25) is 0 Å². The van der Waals surface area contributed by atoms with Crippen molar-refractivity contribution < 1.29 is 42.1 Å². The van der Waals surface area contributed by atoms with Gasteiger partial charge in [-0.25, -0.2) is 12.7 Å². The largest absolute Gasteiger partial charge is 0.497 e. The van der Waals surface area contributed by atoms with E-state index in [1.807, 2.05) is 13.1 Å². The Morgan fingerprint density at radius 2 is 1.74 bits per heavy atom. The number of nitrogens with zero attached hydrogens (tertiary/aromatic N) is 3. The molecule has 1 unspecified atom stereocenters. The normalized spacial score (nSPS) is 19.7. The van der Waals surface area contributed by atoms with Crippen LogP contribution in [0.25, 0.3) is 0 Å². The number of anilines is 1. The van der Waals surface area contributed by atoms with Crippen LogP contribution in [-0.4, -0.2) is 96.4 Å². The number of ether oxygens (including phenoxy) is 4. The quantitative estimate of drug-likeness (QED) is 0.280. The number of aliphatic carboxylic acids is 1. The molecule has 47 heavy (non-hydrogen) atoms. The average molecular weight is 688 g/mol. The fourth-order valence-electron chi connectivity index (χ4n) is 6.56. The molecule has 0 saturated carbocycles. The summed E-state index contributed by atoms with van der Waals surface area (Å²) < 4.78 is 51.7. The van der Waals surface area contributed by atoms with Crippen molar-refractivity contribution in [1.82, 2.24) is 9.80 Å². The van der Waals surface area contributed by atoms with Gasteiger partial charge in [-0.05, 0) is 61.9 Å². The van der Waals surface area contributed by atoms with Gasteiger partial charge in [-0.15, -0.1) is 0 Å². The zero-order valence-electron chi connectivity index (χ0n) is 26.9. The number of carboxylic acids is 1. The van der Waals surface area contributed by atoms with E-state index < -0.39 is 33.5 Å². The van der Waals surface area contributed by atoms with E-state index in [-0.39, 0.29) is 39.9 Å². The van der Waals surface area contributed by atoms with Crippen molar-refractivity contribution in [1.29, 1.82) is 0 Å². The number of sulfonamides is 1. The first-order valence-corrected chi connectivity index (χ1v) is 16.7. The monoisotopic (exact) mass is 687 g/mol. The fourth-order valence-corrected chi connectivity index (χ4v) is 8.33. The van der Waals surface area contributed by atoms with Crippen molar-refractivity contribution in [2.45, 2.75) is 35.9 Å². The number of amides is 1. The van der Waals surface area contributed by atoms with Crippen LogP contribution in [0.2, 0.25) is 5.02 Å². The van der Waals surface area contributed by atoms with Gasteiger partial charge < -0.3 is 24.1 Å². The van der Waals surface area contributed by atoms with Gasteiger partial charge >= 0.3 is 5.97 Å². The number of carboxylic acid groups (broad SMARTS) is 1. The summed E-state index contributed by atoms with van der Waals surface area (Å²) in [5.74, 6) is -1.40. The summed E-state index contributed by atoms with van der Waals surface area (Å²) in [5, 5.41) is 10.6. The molecular weight excluding hydrogens is 650 g/mol. The van der Waals surface area contributed by atoms with Crippen LogP contribution in [0, 0.1) is 0 Å². The summed E-state index contributed by atoms with van der Waals surface area (Å²) in [6.07, 6.45) is 0.718. The van der Waals surface area contributed by atoms with Gasteiger partial charge in [0.15, 0.2) is 5.54 Å². The third-order valence-electron chi connectivity index (χ3n) is 8.70. The smallest absolute Gasteiger partial charge is 0.320 e. The topological polar surface area (TPSA) is 135 Å². The molecule has 0 aromatic heterocycles. The predicted molar refractivity (Wildman–Crippen MR) is 175 cm³/mol. The summed E-state index contributed by atoms with van der Waals surface area (Å²) in [6.45, 7) is 1.93. The lowest BCUT2D eigenvalue weighted by molar-refractivity contribution is -0.145. The Balaban J connectivity index is 1.78. The molecular formula is C33H38ClN3O9S. The highest BCUT2D eigenvalue weighted by atomic mass is 35.5. The first-order chi connectivity index (χ1) is 22.4. The SMILES string of the molecule is COCCN(C)Cc1ccc(C2(N3CCC[C@H]3C(=O)O)C(=O)N(S(=O)(=O)c3ccc(OC)cc3OC)c3ccc(Cl)cc32)c(OC)c1. The highest BCUT2D eigenvalue weighted by molar-refractivity contribution is 7.93. The van der Waals surface area contributed by atoms with Crippen molar-refractivity contribution in [2.75, 3.05) is 59.5 Å². The lowest BCUT2D eigenvalue weighted by Gasteiger charge is -2.41. The molecule has 5 rings (SSSR count). The number of methoxy groups -OCH3 is 4. The minimum Gasteiger partial charge on any atom is -0.497 e. The number of likely N-dealkylation sites (tertiary alicyclic amines) is 1. The van der Waals surface area contributed by atoms with Crippen LogP contribution in [0.4, 0.5) is 5.69 Å². The van der Waals surface area contributed by atoms with Crippen LogP contribution >= 0.6 is 11.6 Å². The maximum atomic E-state index is 15.3. The van der Waals surface area contributed by atoms with Crippen LogP contribution in [0.15, 0.2) is 59.5 Å². The van der Waals surface area contributed by atoms with Crippen molar-refractivity contribution in [3.63, 3.8) is 0 Å². The second-order valence-corrected chi connectivity index (χ2v) is 13.6. The number of carbonyl (C=O) groups excluding carboxylic acids is 1. The lowest BCUT2D eigenvalue weighted by Crippen LogP contribution is -2.58. The van der Waals surface area contributed by atoms with Crippen molar-refractivity contribution in [3.05, 3.63) is 76.3 Å². The maximum Gasteiger partial charge on any atom is 0.320 e. The molecule has 2 aliphatic rings. The molecule has 3 aromatic carbocycles. The molecule has 0 bridgehead atoms. The minimum atomic E-state index is -4.65. The molecule has 2 aliphatic heterocycles. The number of benzene rings is 3. The average Bonchev–Trinajstić information content (AvgIpc) is 3.65. The number of halogens is 1. The van der Waals surface area contributed by atoms with Crippen molar-refractivity contribution >= 4 is 39.2 Å². The Morgan fingerprint density at radius 3 is 2.40 bits per heavy atom. The Hall–Kier alpha value is -3.88. The third-order valence-corrected chi connectivity index (χ3v) is 10.7. The predicted octanol–water partition coefficient (Wildman–Crippen LogP) is 3.97. The third kappa shape index (κ3) is 5.91. The molecule has 0 spiro atoms. The Kier molecular flexibility index (Phi) is 10.0. The molecule has 0 radical (unpaired) electrons. The van der Waals surface area contributed by atoms with Crippen molar-refractivity contribution in [3.8, 4) is 17.2 Å². The lowest BCUT2D eigenvalue weighted by atomic mass is 9.80. The fraction of sp³-hybridized carbons (Fsp3) is 0.394. The molecule has 3 aromatic rings. The number of likely N-dealkylation sites (N-methyl/N-ethyl adjacent to an activating group) is 1. The molecule has 0 aliphatic carbocycles. The van der Waals surface area contributed by atoms with Crippen LogP contribution in [0.1, 0.15) is 29.5 Å². The van der Waals surface area contributed by atoms with Crippen molar-refractivity contribution in [2.24, 2.45) is 0 Å². The summed E-state index contributed by atoms with van der Waals surface area (Å²) in [4.78, 5) is 31.3. The Morgan fingerprint density at radius 1 is 1.00 bits per heavy atom. The van der Waals surface area contributed by atoms with E-state index in [1.165, 1.54) is 57.7 Å². The van der Waals surface area contributed by atoms with E-state index in [9.17, 15) is 18.3 Å². The zero-order chi connectivity index (χ0) is 34.1. The number of rotatable bonds is 13. The molecule has 2 heterocycles. The van der Waals surface area contributed by atoms with Gasteiger partial charge in [0.1, 0.15) is 28.2 Å². The molecule has 2 atom stereocenters. The van der Waals surface area contributed by atoms with E-state index in [1.54, 1.807) is 24.1 Å². The molecule has 12 nitrogen and oxygen atoms in total. The second kappa shape index (κ2) is 13.7. The number of hydrogen-bond acceptors (Lipinski definition) is 10.